The number of nitrogens with zero attached hydrogens (tertiary/aromatic N) is 2. The number of rotatable bonds is 5. The van der Waals surface area contributed by atoms with E-state index < -0.39 is 10.2 Å². The van der Waals surface area contributed by atoms with Crippen LogP contribution in [0.25, 0.3) is 0 Å². The average Bonchev–Trinajstić information content (AvgIpc) is 2.41. The van der Waals surface area contributed by atoms with Gasteiger partial charge in [-0.3, -0.25) is 0 Å². The molecule has 2 aliphatic heterocycles. The summed E-state index contributed by atoms with van der Waals surface area (Å²) in [5, 5.41) is 0. The summed E-state index contributed by atoms with van der Waals surface area (Å²) in [5.41, 5.74) is 0. The van der Waals surface area contributed by atoms with Gasteiger partial charge in [0.15, 0.2) is 0 Å². The van der Waals surface area contributed by atoms with Crippen molar-refractivity contribution in [3.63, 3.8) is 0 Å². The Morgan fingerprint density at radius 3 is 2.33 bits per heavy atom. The molecule has 106 valence electrons. The molecule has 0 aromatic carbocycles. The number of hydrogen-bond acceptors (Lipinski definition) is 4. The maximum Gasteiger partial charge on any atom is 0.279 e. The van der Waals surface area contributed by atoms with E-state index in [2.05, 4.69) is 9.62 Å². The monoisotopic (exact) mass is 277 g/mol. The number of piperidine rings is 1. The van der Waals surface area contributed by atoms with Gasteiger partial charge < -0.3 is 9.64 Å². The van der Waals surface area contributed by atoms with E-state index in [1.807, 2.05) is 0 Å². The van der Waals surface area contributed by atoms with Gasteiger partial charge in [0.2, 0.25) is 0 Å². The van der Waals surface area contributed by atoms with Crippen LogP contribution in [0.3, 0.4) is 0 Å². The number of nitrogens with one attached hydrogen (secondary N) is 1. The first-order valence-electron chi connectivity index (χ1n) is 6.73. The van der Waals surface area contributed by atoms with E-state index in [1.165, 1.54) is 23.6 Å². The minimum Gasteiger partial charge on any atom is -0.379 e. The van der Waals surface area contributed by atoms with Crippen molar-refractivity contribution in [3.8, 4) is 0 Å². The third-order valence-electron chi connectivity index (χ3n) is 3.47. The lowest BCUT2D eigenvalue weighted by Crippen LogP contribution is -2.48. The first-order chi connectivity index (χ1) is 8.68. The highest BCUT2D eigenvalue weighted by atomic mass is 32.2. The molecule has 7 heteroatoms. The van der Waals surface area contributed by atoms with E-state index in [-0.39, 0.29) is 0 Å². The van der Waals surface area contributed by atoms with E-state index in [4.69, 9.17) is 4.74 Å². The van der Waals surface area contributed by atoms with Crippen LogP contribution in [0.1, 0.15) is 19.3 Å². The second kappa shape index (κ2) is 6.81. The molecule has 0 saturated carbocycles. The molecule has 0 radical (unpaired) electrons. The standard InChI is InChI=1S/C11H23N3O3S/c15-18(16,14-8-10-17-11-9-14)12-4-7-13-5-2-1-3-6-13/h12H,1-11H2. The van der Waals surface area contributed by atoms with Crippen LogP contribution < -0.4 is 4.72 Å². The molecule has 0 aliphatic carbocycles. The molecule has 0 bridgehead atoms. The van der Waals surface area contributed by atoms with Gasteiger partial charge in [-0.25, -0.2) is 4.72 Å². The van der Waals surface area contributed by atoms with Crippen molar-refractivity contribution in [2.24, 2.45) is 0 Å². The smallest absolute Gasteiger partial charge is 0.279 e. The van der Waals surface area contributed by atoms with Crippen molar-refractivity contribution >= 4 is 10.2 Å². The molecule has 0 aromatic heterocycles. The Kier molecular flexibility index (Phi) is 5.38. The number of likely N-dealkylation sites (tertiary alicyclic amines) is 1. The molecule has 2 saturated heterocycles. The topological polar surface area (TPSA) is 61.9 Å². The van der Waals surface area contributed by atoms with Gasteiger partial charge in [0.25, 0.3) is 10.2 Å². The van der Waals surface area contributed by atoms with E-state index in [9.17, 15) is 8.42 Å². The van der Waals surface area contributed by atoms with Crippen LogP contribution in [0, 0.1) is 0 Å². The second-order valence-corrected chi connectivity index (χ2v) is 6.57. The molecule has 2 rings (SSSR count). The van der Waals surface area contributed by atoms with Crippen molar-refractivity contribution in [3.05, 3.63) is 0 Å². The van der Waals surface area contributed by atoms with Gasteiger partial charge in [-0.1, -0.05) is 6.42 Å². The lowest BCUT2D eigenvalue weighted by Gasteiger charge is -2.28. The van der Waals surface area contributed by atoms with Crippen molar-refractivity contribution in [1.29, 1.82) is 0 Å². The highest BCUT2D eigenvalue weighted by Crippen LogP contribution is 2.08. The van der Waals surface area contributed by atoms with Crippen LogP contribution in [0.4, 0.5) is 0 Å². The van der Waals surface area contributed by atoms with Crippen molar-refractivity contribution < 1.29 is 13.2 Å². The Morgan fingerprint density at radius 1 is 1.00 bits per heavy atom. The maximum atomic E-state index is 12.0. The predicted molar refractivity (Wildman–Crippen MR) is 69.6 cm³/mol. The Bertz CT molecular complexity index is 335. The van der Waals surface area contributed by atoms with Gasteiger partial charge in [0, 0.05) is 26.2 Å². The summed E-state index contributed by atoms with van der Waals surface area (Å²) in [5.74, 6) is 0. The van der Waals surface area contributed by atoms with Gasteiger partial charge in [0.1, 0.15) is 0 Å². The lowest BCUT2D eigenvalue weighted by atomic mass is 10.1. The van der Waals surface area contributed by atoms with Crippen molar-refractivity contribution in [1.82, 2.24) is 13.9 Å². The SMILES string of the molecule is O=S(=O)(NCCN1CCCCC1)N1CCOCC1. The third kappa shape index (κ3) is 4.17. The van der Waals surface area contributed by atoms with Crippen LogP contribution >= 0.6 is 0 Å². The summed E-state index contributed by atoms with van der Waals surface area (Å²) >= 11 is 0. The molecular formula is C11H23N3O3S. The molecule has 0 unspecified atom stereocenters. The molecule has 2 heterocycles. The first-order valence-corrected chi connectivity index (χ1v) is 8.17. The van der Waals surface area contributed by atoms with Crippen molar-refractivity contribution in [2.75, 3.05) is 52.5 Å². The summed E-state index contributed by atoms with van der Waals surface area (Å²) in [6.45, 7) is 5.40. The zero-order chi connectivity index (χ0) is 12.8. The molecule has 0 atom stereocenters. The molecule has 6 nitrogen and oxygen atoms in total. The van der Waals surface area contributed by atoms with Crippen LogP contribution in [0.2, 0.25) is 0 Å². The quantitative estimate of drug-likeness (QED) is 0.745. The maximum absolute atomic E-state index is 12.0. The fourth-order valence-corrected chi connectivity index (χ4v) is 3.56. The second-order valence-electron chi connectivity index (χ2n) is 4.81. The largest absolute Gasteiger partial charge is 0.379 e. The minimum absolute atomic E-state index is 0.457. The van der Waals surface area contributed by atoms with Crippen molar-refractivity contribution in [2.45, 2.75) is 19.3 Å². The first kappa shape index (κ1) is 14.2. The van der Waals surface area contributed by atoms with E-state index in [0.29, 0.717) is 32.8 Å². The van der Waals surface area contributed by atoms with Crippen LogP contribution in [0.5, 0.6) is 0 Å². The number of hydrogen-bond donors (Lipinski definition) is 1. The Hall–Kier alpha value is -0.210. The lowest BCUT2D eigenvalue weighted by molar-refractivity contribution is 0.0724. The number of morpholine rings is 1. The minimum atomic E-state index is -3.31. The highest BCUT2D eigenvalue weighted by molar-refractivity contribution is 7.87. The normalized spacial score (nSPS) is 24.2. The van der Waals surface area contributed by atoms with Crippen LogP contribution in [0.15, 0.2) is 0 Å². The average molecular weight is 277 g/mol. The van der Waals surface area contributed by atoms with Gasteiger partial charge in [-0.2, -0.15) is 12.7 Å². The van der Waals surface area contributed by atoms with Crippen LogP contribution in [-0.4, -0.2) is 70.1 Å². The zero-order valence-electron chi connectivity index (χ0n) is 10.8. The zero-order valence-corrected chi connectivity index (χ0v) is 11.6. The van der Waals surface area contributed by atoms with E-state index in [0.717, 1.165) is 19.6 Å². The molecular weight excluding hydrogens is 254 g/mol. The third-order valence-corrected chi connectivity index (χ3v) is 5.09. The Morgan fingerprint density at radius 2 is 1.67 bits per heavy atom. The summed E-state index contributed by atoms with van der Waals surface area (Å²) in [6.07, 6.45) is 3.77. The Labute approximate surface area is 109 Å². The van der Waals surface area contributed by atoms with Gasteiger partial charge in [-0.15, -0.1) is 0 Å². The van der Waals surface area contributed by atoms with Crippen LogP contribution in [-0.2, 0) is 14.9 Å². The molecule has 2 fully saturated rings. The summed E-state index contributed by atoms with van der Waals surface area (Å²) in [4.78, 5) is 2.32. The molecule has 0 spiro atoms. The summed E-state index contributed by atoms with van der Waals surface area (Å²) < 4.78 is 33.2. The summed E-state index contributed by atoms with van der Waals surface area (Å²) in [6, 6.07) is 0. The molecule has 18 heavy (non-hydrogen) atoms. The Balaban J connectivity index is 1.70. The number of ether oxygens (including phenoxy) is 1. The van der Waals surface area contributed by atoms with E-state index in [1.54, 1.807) is 0 Å². The van der Waals surface area contributed by atoms with Gasteiger partial charge >= 0.3 is 0 Å². The summed E-state index contributed by atoms with van der Waals surface area (Å²) in [7, 11) is -3.31. The molecule has 0 amide bonds. The fourth-order valence-electron chi connectivity index (χ4n) is 2.39. The molecule has 1 N–H and O–H groups in total. The molecule has 0 aromatic rings. The highest BCUT2D eigenvalue weighted by Gasteiger charge is 2.23. The van der Waals surface area contributed by atoms with Gasteiger partial charge in [-0.05, 0) is 25.9 Å². The predicted octanol–water partition coefficient (Wildman–Crippen LogP) is -0.361. The van der Waals surface area contributed by atoms with E-state index >= 15 is 0 Å². The fraction of sp³-hybridized carbons (Fsp3) is 1.00. The van der Waals surface area contributed by atoms with Gasteiger partial charge in [0.05, 0.1) is 13.2 Å². The molecule has 2 aliphatic rings.